The van der Waals surface area contributed by atoms with Crippen LogP contribution in [0.2, 0.25) is 0 Å². The Balaban J connectivity index is 2.79. The third-order valence-electron chi connectivity index (χ3n) is 2.33. The number of anilines is 1. The topological polar surface area (TPSA) is 38.0 Å². The zero-order chi connectivity index (χ0) is 12.7. The zero-order valence-corrected chi connectivity index (χ0v) is 12.6. The smallest absolute Gasteiger partial charge is 0.107 e. The Bertz CT molecular complexity index is 380. The monoisotopic (exact) mass is 286 g/mol. The molecular weight excluding hydrogens is 268 g/mol. The molecule has 0 spiro atoms. The van der Waals surface area contributed by atoms with Crippen LogP contribution in [-0.2, 0) is 0 Å². The summed E-state index contributed by atoms with van der Waals surface area (Å²) in [5, 5.41) is 3.41. The Kier molecular flexibility index (Phi) is 6.77. The van der Waals surface area contributed by atoms with Gasteiger partial charge in [0, 0.05) is 22.7 Å². The lowest BCUT2D eigenvalue weighted by molar-refractivity contribution is 0.991. The van der Waals surface area contributed by atoms with E-state index in [-0.39, 0.29) is 0 Å². The first-order chi connectivity index (χ1) is 8.20. The van der Waals surface area contributed by atoms with Crippen molar-refractivity contribution in [1.82, 2.24) is 0 Å². The molecule has 0 amide bonds. The number of nitrogens with one attached hydrogen (secondary N) is 1. The van der Waals surface area contributed by atoms with Gasteiger partial charge in [0.2, 0.25) is 0 Å². The van der Waals surface area contributed by atoms with Crippen LogP contribution in [-0.4, -0.2) is 29.8 Å². The molecule has 0 radical (unpaired) electrons. The van der Waals surface area contributed by atoms with E-state index in [9.17, 15) is 0 Å². The van der Waals surface area contributed by atoms with Crippen LogP contribution in [0.15, 0.2) is 23.1 Å². The van der Waals surface area contributed by atoms with Crippen molar-refractivity contribution in [2.45, 2.75) is 11.3 Å². The fourth-order valence-electron chi connectivity index (χ4n) is 1.54. The van der Waals surface area contributed by atoms with E-state index in [4.69, 9.17) is 18.0 Å². The van der Waals surface area contributed by atoms with Gasteiger partial charge in [-0.05, 0) is 36.8 Å². The fourth-order valence-corrected chi connectivity index (χ4v) is 2.90. The molecule has 17 heavy (non-hydrogen) atoms. The summed E-state index contributed by atoms with van der Waals surface area (Å²) in [7, 11) is 0. The number of benzene rings is 1. The molecule has 2 nitrogen and oxygen atoms in total. The lowest BCUT2D eigenvalue weighted by Gasteiger charge is -2.14. The maximum absolute atomic E-state index is 5.80. The van der Waals surface area contributed by atoms with Crippen LogP contribution in [0, 0.1) is 0 Å². The minimum absolute atomic E-state index is 0.460. The Hall–Kier alpha value is -0.390. The summed E-state index contributed by atoms with van der Waals surface area (Å²) in [5.41, 5.74) is 7.81. The minimum atomic E-state index is 0.460. The van der Waals surface area contributed by atoms with Gasteiger partial charge in [0.1, 0.15) is 4.99 Å². The van der Waals surface area contributed by atoms with Crippen LogP contribution in [0.5, 0.6) is 0 Å². The van der Waals surface area contributed by atoms with Gasteiger partial charge in [-0.3, -0.25) is 0 Å². The van der Waals surface area contributed by atoms with Crippen molar-refractivity contribution in [2.24, 2.45) is 5.73 Å². The second-order valence-corrected chi connectivity index (χ2v) is 5.79. The standard InChI is InChI=1S/C12H18N2S3/c1-16-8-4-7-14-9-5-3-6-10(17-2)11(9)12(13)15/h3,5-6,14H,4,7-8H2,1-2H3,(H2,13,15). The number of thioether (sulfide) groups is 2. The van der Waals surface area contributed by atoms with Gasteiger partial charge in [-0.15, -0.1) is 11.8 Å². The van der Waals surface area contributed by atoms with E-state index in [2.05, 4.69) is 11.6 Å². The summed E-state index contributed by atoms with van der Waals surface area (Å²) >= 11 is 8.66. The molecule has 1 rings (SSSR count). The van der Waals surface area contributed by atoms with Crippen molar-refractivity contribution in [3.8, 4) is 0 Å². The van der Waals surface area contributed by atoms with Crippen LogP contribution in [0.25, 0.3) is 0 Å². The highest BCUT2D eigenvalue weighted by atomic mass is 32.2. The molecule has 0 aliphatic heterocycles. The Morgan fingerprint density at radius 1 is 1.41 bits per heavy atom. The largest absolute Gasteiger partial charge is 0.389 e. The quantitative estimate of drug-likeness (QED) is 0.457. The molecule has 3 N–H and O–H groups in total. The van der Waals surface area contributed by atoms with E-state index in [1.807, 2.05) is 36.2 Å². The SMILES string of the molecule is CSCCCNc1cccc(SC)c1C(N)=S. The molecule has 0 aliphatic carbocycles. The predicted molar refractivity (Wildman–Crippen MR) is 85.6 cm³/mol. The van der Waals surface area contributed by atoms with Gasteiger partial charge in [0.15, 0.2) is 0 Å². The number of rotatable bonds is 7. The van der Waals surface area contributed by atoms with E-state index in [0.717, 1.165) is 34.9 Å². The van der Waals surface area contributed by atoms with E-state index in [1.165, 1.54) is 0 Å². The molecule has 1 aromatic rings. The molecule has 0 saturated carbocycles. The Labute approximate surface area is 117 Å². The van der Waals surface area contributed by atoms with Gasteiger partial charge in [0.25, 0.3) is 0 Å². The maximum Gasteiger partial charge on any atom is 0.107 e. The Morgan fingerprint density at radius 2 is 2.18 bits per heavy atom. The summed E-state index contributed by atoms with van der Waals surface area (Å²) < 4.78 is 0. The normalized spacial score (nSPS) is 10.2. The lowest BCUT2D eigenvalue weighted by atomic mass is 10.1. The predicted octanol–water partition coefficient (Wildman–Crippen LogP) is 3.21. The number of hydrogen-bond donors (Lipinski definition) is 2. The van der Waals surface area contributed by atoms with Gasteiger partial charge in [-0.25, -0.2) is 0 Å². The molecule has 0 atom stereocenters. The van der Waals surface area contributed by atoms with E-state index >= 15 is 0 Å². The molecule has 0 heterocycles. The molecular formula is C12H18N2S3. The highest BCUT2D eigenvalue weighted by Crippen LogP contribution is 2.27. The fraction of sp³-hybridized carbons (Fsp3) is 0.417. The summed E-state index contributed by atoms with van der Waals surface area (Å²) in [6.07, 6.45) is 5.30. The summed E-state index contributed by atoms with van der Waals surface area (Å²) in [4.78, 5) is 1.59. The minimum Gasteiger partial charge on any atom is -0.389 e. The second-order valence-electron chi connectivity index (χ2n) is 3.52. The first-order valence-electron chi connectivity index (χ1n) is 5.40. The molecule has 0 aromatic heterocycles. The molecule has 0 fully saturated rings. The van der Waals surface area contributed by atoms with Crippen molar-refractivity contribution >= 4 is 46.4 Å². The lowest BCUT2D eigenvalue weighted by Crippen LogP contribution is -2.15. The first kappa shape index (κ1) is 14.7. The van der Waals surface area contributed by atoms with Crippen molar-refractivity contribution in [2.75, 3.05) is 30.1 Å². The average molecular weight is 286 g/mol. The van der Waals surface area contributed by atoms with Gasteiger partial charge < -0.3 is 11.1 Å². The molecule has 0 unspecified atom stereocenters. The van der Waals surface area contributed by atoms with Crippen LogP contribution < -0.4 is 11.1 Å². The van der Waals surface area contributed by atoms with Gasteiger partial charge in [-0.2, -0.15) is 11.8 Å². The summed E-state index contributed by atoms with van der Waals surface area (Å²) in [5.74, 6) is 1.16. The molecule has 0 saturated heterocycles. The molecule has 1 aromatic carbocycles. The van der Waals surface area contributed by atoms with E-state index in [1.54, 1.807) is 11.8 Å². The van der Waals surface area contributed by atoms with Crippen LogP contribution in [0.4, 0.5) is 5.69 Å². The molecule has 0 aliphatic rings. The second kappa shape index (κ2) is 7.84. The van der Waals surface area contributed by atoms with Crippen molar-refractivity contribution in [3.63, 3.8) is 0 Å². The molecule has 94 valence electrons. The van der Waals surface area contributed by atoms with Gasteiger partial charge in [-0.1, -0.05) is 18.3 Å². The third kappa shape index (κ3) is 4.41. The highest BCUT2D eigenvalue weighted by Gasteiger charge is 2.09. The Morgan fingerprint density at radius 3 is 2.76 bits per heavy atom. The summed E-state index contributed by atoms with van der Waals surface area (Å²) in [6.45, 7) is 0.953. The first-order valence-corrected chi connectivity index (χ1v) is 8.43. The van der Waals surface area contributed by atoms with Crippen molar-refractivity contribution < 1.29 is 0 Å². The van der Waals surface area contributed by atoms with Gasteiger partial charge in [0.05, 0.1) is 0 Å². The van der Waals surface area contributed by atoms with E-state index in [0.29, 0.717) is 4.99 Å². The number of thiocarbonyl (C=S) groups is 1. The highest BCUT2D eigenvalue weighted by molar-refractivity contribution is 7.98. The van der Waals surface area contributed by atoms with Gasteiger partial charge >= 0.3 is 0 Å². The van der Waals surface area contributed by atoms with Crippen LogP contribution in [0.1, 0.15) is 12.0 Å². The van der Waals surface area contributed by atoms with E-state index < -0.39 is 0 Å². The average Bonchev–Trinajstić information content (AvgIpc) is 2.33. The number of hydrogen-bond acceptors (Lipinski definition) is 4. The number of nitrogens with two attached hydrogens (primary N) is 1. The van der Waals surface area contributed by atoms with Crippen LogP contribution in [0.3, 0.4) is 0 Å². The third-order valence-corrected chi connectivity index (χ3v) is 4.01. The van der Waals surface area contributed by atoms with Crippen LogP contribution >= 0.6 is 35.7 Å². The molecule has 0 bridgehead atoms. The van der Waals surface area contributed by atoms with Crippen molar-refractivity contribution in [3.05, 3.63) is 23.8 Å². The molecule has 5 heteroatoms. The summed E-state index contributed by atoms with van der Waals surface area (Å²) in [6, 6.07) is 6.12. The van der Waals surface area contributed by atoms with Crippen molar-refractivity contribution in [1.29, 1.82) is 0 Å². The zero-order valence-electron chi connectivity index (χ0n) is 10.2. The maximum atomic E-state index is 5.80.